The van der Waals surface area contributed by atoms with E-state index in [0.717, 1.165) is 21.0 Å². The molecule has 0 amide bonds. The van der Waals surface area contributed by atoms with Crippen molar-refractivity contribution in [1.82, 2.24) is 19.3 Å². The lowest BCUT2D eigenvalue weighted by Gasteiger charge is -2.28. The Morgan fingerprint density at radius 3 is 2.16 bits per heavy atom. The van der Waals surface area contributed by atoms with Gasteiger partial charge in [-0.3, -0.25) is 0 Å². The third-order valence-corrected chi connectivity index (χ3v) is 6.86. The van der Waals surface area contributed by atoms with E-state index in [1.165, 1.54) is 0 Å². The maximum absolute atomic E-state index is 13.1. The van der Waals surface area contributed by atoms with Crippen molar-refractivity contribution in [2.75, 3.05) is 31.6 Å². The van der Waals surface area contributed by atoms with Gasteiger partial charge >= 0.3 is 0 Å². The van der Waals surface area contributed by atoms with E-state index in [1.54, 1.807) is 24.3 Å². The molecule has 31 heavy (non-hydrogen) atoms. The Bertz CT molecular complexity index is 1180. The van der Waals surface area contributed by atoms with Gasteiger partial charge in [0, 0.05) is 18.8 Å². The number of benzene rings is 2. The molecule has 0 saturated carbocycles. The minimum atomic E-state index is -3.97. The Morgan fingerprint density at radius 2 is 1.55 bits per heavy atom. The largest absolute Gasteiger partial charge is 0.378 e. The molecule has 2 aromatic carbocycles. The van der Waals surface area contributed by atoms with Crippen LogP contribution < -0.4 is 5.32 Å². The Labute approximate surface area is 186 Å². The third-order valence-electron chi connectivity index (χ3n) is 4.94. The molecule has 1 aliphatic heterocycles. The summed E-state index contributed by atoms with van der Waals surface area (Å²) in [4.78, 5) is 2.49. The van der Waals surface area contributed by atoms with Crippen LogP contribution in [0.25, 0.3) is 0 Å². The number of rotatable bonds is 5. The molecular formula is C21H23N5O3S2. The predicted molar refractivity (Wildman–Crippen MR) is 122 cm³/mol. The standard InChI is InChI=1S/C21H23N5O3S2/c1-15-3-7-17(8-4-15)22-20-19(21(30)25-11-13-29-14-12-25)23-26(24-20)31(27,28)18-9-5-16(2)6-10-18/h3-10H,11-14H2,1-2H3,(H,22,24). The number of morpholine rings is 1. The first-order valence-electron chi connectivity index (χ1n) is 9.85. The van der Waals surface area contributed by atoms with E-state index in [0.29, 0.717) is 37.0 Å². The first-order chi connectivity index (χ1) is 14.8. The Hall–Kier alpha value is -2.82. The van der Waals surface area contributed by atoms with Gasteiger partial charge < -0.3 is 15.0 Å². The molecular weight excluding hydrogens is 434 g/mol. The number of thiocarbonyl (C=S) groups is 1. The maximum atomic E-state index is 13.1. The smallest absolute Gasteiger partial charge is 0.299 e. The van der Waals surface area contributed by atoms with Gasteiger partial charge in [0.1, 0.15) is 4.99 Å². The highest BCUT2D eigenvalue weighted by atomic mass is 32.2. The van der Waals surface area contributed by atoms with Gasteiger partial charge in [-0.1, -0.05) is 51.8 Å². The molecule has 3 aromatic rings. The molecule has 0 radical (unpaired) electrons. The molecule has 1 N–H and O–H groups in total. The van der Waals surface area contributed by atoms with Gasteiger partial charge in [-0.15, -0.1) is 10.2 Å². The number of aromatic nitrogens is 3. The molecule has 1 saturated heterocycles. The van der Waals surface area contributed by atoms with Gasteiger partial charge in [0.25, 0.3) is 10.0 Å². The molecule has 0 aliphatic carbocycles. The molecule has 2 heterocycles. The number of hydrogen-bond acceptors (Lipinski definition) is 7. The Morgan fingerprint density at radius 1 is 0.968 bits per heavy atom. The first-order valence-corrected chi connectivity index (χ1v) is 11.7. The van der Waals surface area contributed by atoms with Crippen molar-refractivity contribution in [2.45, 2.75) is 18.7 Å². The minimum Gasteiger partial charge on any atom is -0.378 e. The number of aryl methyl sites for hydroxylation is 2. The molecule has 10 heteroatoms. The van der Waals surface area contributed by atoms with Crippen LogP contribution in [0.4, 0.5) is 11.5 Å². The van der Waals surface area contributed by atoms with Gasteiger partial charge in [0.2, 0.25) is 0 Å². The lowest BCUT2D eigenvalue weighted by Crippen LogP contribution is -2.40. The molecule has 0 atom stereocenters. The summed E-state index contributed by atoms with van der Waals surface area (Å²) in [6.45, 7) is 6.21. The number of anilines is 2. The second-order valence-corrected chi connectivity index (χ2v) is 9.47. The van der Waals surface area contributed by atoms with Crippen LogP contribution in [0.3, 0.4) is 0 Å². The highest BCUT2D eigenvalue weighted by molar-refractivity contribution is 7.89. The second-order valence-electron chi connectivity index (χ2n) is 7.33. The normalized spacial score (nSPS) is 14.5. The van der Waals surface area contributed by atoms with E-state index in [4.69, 9.17) is 17.0 Å². The van der Waals surface area contributed by atoms with Gasteiger partial charge in [-0.05, 0) is 38.1 Å². The maximum Gasteiger partial charge on any atom is 0.299 e. The Balaban J connectivity index is 1.74. The lowest BCUT2D eigenvalue weighted by atomic mass is 10.2. The van der Waals surface area contributed by atoms with Crippen LogP contribution in [0.2, 0.25) is 0 Å². The van der Waals surface area contributed by atoms with Gasteiger partial charge in [-0.25, -0.2) is 0 Å². The molecule has 0 spiro atoms. The summed E-state index contributed by atoms with van der Waals surface area (Å²) >= 11 is 5.65. The number of ether oxygens (including phenoxy) is 1. The van der Waals surface area contributed by atoms with E-state index in [-0.39, 0.29) is 10.7 Å². The number of nitrogens with one attached hydrogen (secondary N) is 1. The highest BCUT2D eigenvalue weighted by Gasteiger charge is 2.27. The topological polar surface area (TPSA) is 89.3 Å². The monoisotopic (exact) mass is 457 g/mol. The zero-order valence-electron chi connectivity index (χ0n) is 17.3. The predicted octanol–water partition coefficient (Wildman–Crippen LogP) is 2.88. The van der Waals surface area contributed by atoms with Crippen LogP contribution in [0.1, 0.15) is 16.8 Å². The van der Waals surface area contributed by atoms with Crippen molar-refractivity contribution in [1.29, 1.82) is 0 Å². The van der Waals surface area contributed by atoms with Crippen LogP contribution in [0.15, 0.2) is 53.4 Å². The van der Waals surface area contributed by atoms with Crippen LogP contribution in [-0.2, 0) is 14.8 Å². The van der Waals surface area contributed by atoms with E-state index in [9.17, 15) is 8.42 Å². The fraction of sp³-hybridized carbons (Fsp3) is 0.286. The molecule has 1 aromatic heterocycles. The molecule has 1 fully saturated rings. The fourth-order valence-electron chi connectivity index (χ4n) is 3.12. The molecule has 8 nitrogen and oxygen atoms in total. The average Bonchev–Trinajstić information content (AvgIpc) is 3.20. The minimum absolute atomic E-state index is 0.110. The van der Waals surface area contributed by atoms with Crippen molar-refractivity contribution in [2.24, 2.45) is 0 Å². The fourth-order valence-corrected chi connectivity index (χ4v) is 4.49. The van der Waals surface area contributed by atoms with Crippen molar-refractivity contribution in [3.8, 4) is 0 Å². The molecule has 1 aliphatic rings. The van der Waals surface area contributed by atoms with Crippen molar-refractivity contribution >= 4 is 38.7 Å². The summed E-state index contributed by atoms with van der Waals surface area (Å²) in [6, 6.07) is 14.3. The molecule has 4 rings (SSSR count). The summed E-state index contributed by atoms with van der Waals surface area (Å²) in [5.41, 5.74) is 3.15. The molecule has 0 unspecified atom stereocenters. The highest BCUT2D eigenvalue weighted by Crippen LogP contribution is 2.23. The van der Waals surface area contributed by atoms with Crippen LogP contribution >= 0.6 is 12.2 Å². The summed E-state index contributed by atoms with van der Waals surface area (Å²) < 4.78 is 32.4. The summed E-state index contributed by atoms with van der Waals surface area (Å²) in [6.07, 6.45) is 0. The lowest BCUT2D eigenvalue weighted by molar-refractivity contribution is 0.0692. The zero-order chi connectivity index (χ0) is 22.0. The van der Waals surface area contributed by atoms with E-state index in [2.05, 4.69) is 15.5 Å². The average molecular weight is 458 g/mol. The van der Waals surface area contributed by atoms with Crippen molar-refractivity contribution in [3.63, 3.8) is 0 Å². The summed E-state index contributed by atoms with van der Waals surface area (Å²) in [7, 11) is -3.97. The van der Waals surface area contributed by atoms with Crippen LogP contribution in [0.5, 0.6) is 0 Å². The van der Waals surface area contributed by atoms with Crippen molar-refractivity contribution < 1.29 is 13.2 Å². The summed E-state index contributed by atoms with van der Waals surface area (Å²) in [5.74, 6) is 0.288. The van der Waals surface area contributed by atoms with E-state index >= 15 is 0 Å². The quantitative estimate of drug-likeness (QED) is 0.585. The van der Waals surface area contributed by atoms with E-state index in [1.807, 2.05) is 43.0 Å². The van der Waals surface area contributed by atoms with Crippen LogP contribution in [0, 0.1) is 13.8 Å². The van der Waals surface area contributed by atoms with Crippen molar-refractivity contribution in [3.05, 3.63) is 65.4 Å². The SMILES string of the molecule is Cc1ccc(Nc2nn(S(=O)(=O)c3ccc(C)cc3)nc2C(=S)N2CCOCC2)cc1. The Kier molecular flexibility index (Phi) is 6.03. The summed E-state index contributed by atoms with van der Waals surface area (Å²) in [5, 5.41) is 11.7. The molecule has 0 bridgehead atoms. The number of nitrogens with zero attached hydrogens (tertiary/aromatic N) is 4. The third kappa shape index (κ3) is 4.60. The van der Waals surface area contributed by atoms with E-state index < -0.39 is 10.0 Å². The number of hydrogen-bond donors (Lipinski definition) is 1. The second kappa shape index (κ2) is 8.74. The van der Waals surface area contributed by atoms with Crippen LogP contribution in [-0.4, -0.2) is 59.0 Å². The van der Waals surface area contributed by atoms with Gasteiger partial charge in [0.15, 0.2) is 11.5 Å². The molecule has 162 valence electrons. The zero-order valence-corrected chi connectivity index (χ0v) is 18.9. The van der Waals surface area contributed by atoms with Gasteiger partial charge in [0.05, 0.1) is 18.1 Å². The van der Waals surface area contributed by atoms with Gasteiger partial charge in [-0.2, -0.15) is 8.42 Å². The first kappa shape index (κ1) is 21.4.